The first-order chi connectivity index (χ1) is 11.0. The van der Waals surface area contributed by atoms with Crippen molar-refractivity contribution in [2.45, 2.75) is 26.9 Å². The van der Waals surface area contributed by atoms with E-state index in [1.807, 2.05) is 19.1 Å². The monoisotopic (exact) mass is 334 g/mol. The van der Waals surface area contributed by atoms with Crippen molar-refractivity contribution in [1.82, 2.24) is 0 Å². The van der Waals surface area contributed by atoms with Crippen LogP contribution in [0, 0.1) is 6.92 Å². The lowest BCUT2D eigenvalue weighted by atomic mass is 10.1. The van der Waals surface area contributed by atoms with Crippen molar-refractivity contribution < 1.29 is 19.0 Å². The molecule has 0 fully saturated rings. The van der Waals surface area contributed by atoms with Crippen LogP contribution in [0.5, 0.6) is 11.5 Å². The normalized spacial score (nSPS) is 10.3. The average molecular weight is 335 g/mol. The van der Waals surface area contributed by atoms with Gasteiger partial charge in [-0.2, -0.15) is 0 Å². The second-order valence-electron chi connectivity index (χ2n) is 5.01. The van der Waals surface area contributed by atoms with Crippen LogP contribution in [-0.4, -0.2) is 13.3 Å². The number of hydrogen-bond donors (Lipinski definition) is 0. The van der Waals surface area contributed by atoms with Crippen LogP contribution in [0.15, 0.2) is 36.4 Å². The molecule has 0 aromatic heterocycles. The standard InChI is InChI=1S/C18H19ClO4/c1-4-13-8-9-16(12(2)10-13)22-11-14-15(19)6-5-7-17(14)23-18(20)21-3/h5-10H,4,11H2,1-3H3. The minimum atomic E-state index is -0.794. The van der Waals surface area contributed by atoms with Crippen LogP contribution < -0.4 is 9.47 Å². The molecule has 0 aliphatic carbocycles. The Kier molecular flexibility index (Phi) is 5.88. The van der Waals surface area contributed by atoms with Gasteiger partial charge in [0, 0.05) is 0 Å². The lowest BCUT2D eigenvalue weighted by molar-refractivity contribution is 0.120. The second kappa shape index (κ2) is 7.88. The van der Waals surface area contributed by atoms with Crippen molar-refractivity contribution in [1.29, 1.82) is 0 Å². The summed E-state index contributed by atoms with van der Waals surface area (Å²) in [5, 5.41) is 0.467. The molecule has 0 aliphatic heterocycles. The quantitative estimate of drug-likeness (QED) is 0.574. The number of carbonyl (C=O) groups is 1. The number of hydrogen-bond acceptors (Lipinski definition) is 4. The van der Waals surface area contributed by atoms with E-state index in [1.165, 1.54) is 12.7 Å². The van der Waals surface area contributed by atoms with Gasteiger partial charge in [-0.15, -0.1) is 0 Å². The largest absolute Gasteiger partial charge is 0.513 e. The Labute approximate surface area is 140 Å². The summed E-state index contributed by atoms with van der Waals surface area (Å²) < 4.78 is 15.5. The van der Waals surface area contributed by atoms with Gasteiger partial charge >= 0.3 is 6.16 Å². The van der Waals surface area contributed by atoms with E-state index < -0.39 is 6.16 Å². The first-order valence-corrected chi connectivity index (χ1v) is 7.68. The van der Waals surface area contributed by atoms with E-state index in [1.54, 1.807) is 18.2 Å². The predicted molar refractivity (Wildman–Crippen MR) is 89.4 cm³/mol. The summed E-state index contributed by atoms with van der Waals surface area (Å²) in [6.45, 7) is 4.29. The van der Waals surface area contributed by atoms with Crippen molar-refractivity contribution in [2.75, 3.05) is 7.11 Å². The third-order valence-corrected chi connectivity index (χ3v) is 3.81. The van der Waals surface area contributed by atoms with Gasteiger partial charge in [0.05, 0.1) is 17.7 Å². The molecule has 23 heavy (non-hydrogen) atoms. The highest BCUT2D eigenvalue weighted by atomic mass is 35.5. The van der Waals surface area contributed by atoms with Crippen LogP contribution in [0.1, 0.15) is 23.6 Å². The molecule has 0 spiro atoms. The maximum Gasteiger partial charge on any atom is 0.513 e. The van der Waals surface area contributed by atoms with Crippen LogP contribution in [0.3, 0.4) is 0 Å². The second-order valence-corrected chi connectivity index (χ2v) is 5.42. The topological polar surface area (TPSA) is 44.8 Å². The SMILES string of the molecule is CCc1ccc(OCc2c(Cl)cccc2OC(=O)OC)c(C)c1. The zero-order chi connectivity index (χ0) is 16.8. The Morgan fingerprint density at radius 1 is 1.17 bits per heavy atom. The van der Waals surface area contributed by atoms with Crippen LogP contribution in [0.4, 0.5) is 4.79 Å². The van der Waals surface area contributed by atoms with Gasteiger partial charge in [0.1, 0.15) is 18.1 Å². The third kappa shape index (κ3) is 4.39. The van der Waals surface area contributed by atoms with E-state index in [0.717, 1.165) is 17.7 Å². The number of benzene rings is 2. The van der Waals surface area contributed by atoms with Crippen molar-refractivity contribution in [2.24, 2.45) is 0 Å². The highest BCUT2D eigenvalue weighted by Gasteiger charge is 2.13. The van der Waals surface area contributed by atoms with Crippen molar-refractivity contribution in [3.63, 3.8) is 0 Å². The molecule has 0 unspecified atom stereocenters. The number of halogens is 1. The van der Waals surface area contributed by atoms with E-state index >= 15 is 0 Å². The molecular weight excluding hydrogens is 316 g/mol. The minimum absolute atomic E-state index is 0.193. The Hall–Kier alpha value is -2.20. The van der Waals surface area contributed by atoms with Crippen molar-refractivity contribution in [3.05, 3.63) is 58.1 Å². The van der Waals surface area contributed by atoms with Crippen LogP contribution >= 0.6 is 11.6 Å². The molecule has 0 radical (unpaired) electrons. The molecule has 2 rings (SSSR count). The summed E-state index contributed by atoms with van der Waals surface area (Å²) in [4.78, 5) is 11.3. The van der Waals surface area contributed by atoms with E-state index in [2.05, 4.69) is 17.7 Å². The minimum Gasteiger partial charge on any atom is -0.488 e. The van der Waals surface area contributed by atoms with Gasteiger partial charge in [-0.05, 0) is 42.7 Å². The summed E-state index contributed by atoms with van der Waals surface area (Å²) in [5.74, 6) is 1.10. The molecule has 0 heterocycles. The van der Waals surface area contributed by atoms with Crippen LogP contribution in [-0.2, 0) is 17.8 Å². The Balaban J connectivity index is 2.18. The maximum atomic E-state index is 11.3. The van der Waals surface area contributed by atoms with Crippen LogP contribution in [0.2, 0.25) is 5.02 Å². The van der Waals surface area contributed by atoms with Gasteiger partial charge in [0.25, 0.3) is 0 Å². The molecule has 0 bridgehead atoms. The summed E-state index contributed by atoms with van der Waals surface area (Å²) >= 11 is 6.20. The molecule has 0 amide bonds. The fraction of sp³-hybridized carbons (Fsp3) is 0.278. The van der Waals surface area contributed by atoms with Gasteiger partial charge < -0.3 is 14.2 Å². The zero-order valence-electron chi connectivity index (χ0n) is 13.4. The zero-order valence-corrected chi connectivity index (χ0v) is 14.1. The molecule has 0 saturated carbocycles. The molecule has 122 valence electrons. The van der Waals surface area contributed by atoms with E-state index in [-0.39, 0.29) is 6.61 Å². The lowest BCUT2D eigenvalue weighted by Gasteiger charge is -2.14. The number of ether oxygens (including phenoxy) is 3. The van der Waals surface area contributed by atoms with E-state index in [4.69, 9.17) is 21.1 Å². The Morgan fingerprint density at radius 2 is 1.96 bits per heavy atom. The molecule has 4 nitrogen and oxygen atoms in total. The lowest BCUT2D eigenvalue weighted by Crippen LogP contribution is -2.10. The summed E-state index contributed by atoms with van der Waals surface area (Å²) in [5.41, 5.74) is 2.90. The fourth-order valence-corrected chi connectivity index (χ4v) is 2.37. The number of rotatable bonds is 5. The predicted octanol–water partition coefficient (Wildman–Crippen LogP) is 4.94. The highest BCUT2D eigenvalue weighted by molar-refractivity contribution is 6.31. The summed E-state index contributed by atoms with van der Waals surface area (Å²) in [6, 6.07) is 11.1. The van der Waals surface area contributed by atoms with Gasteiger partial charge in [0.15, 0.2) is 0 Å². The average Bonchev–Trinajstić information content (AvgIpc) is 2.55. The maximum absolute atomic E-state index is 11.3. The number of aryl methyl sites for hydroxylation is 2. The Bertz CT molecular complexity index is 697. The van der Waals surface area contributed by atoms with Gasteiger partial charge in [-0.25, -0.2) is 4.79 Å². The summed E-state index contributed by atoms with van der Waals surface area (Å²) in [6.07, 6.45) is 0.181. The van der Waals surface area contributed by atoms with Crippen molar-refractivity contribution in [3.8, 4) is 11.5 Å². The first-order valence-electron chi connectivity index (χ1n) is 7.30. The van der Waals surface area contributed by atoms with Gasteiger partial charge in [-0.3, -0.25) is 0 Å². The molecule has 2 aromatic carbocycles. The molecule has 2 aromatic rings. The molecule has 0 N–H and O–H groups in total. The molecular formula is C18H19ClO4. The van der Waals surface area contributed by atoms with E-state index in [9.17, 15) is 4.79 Å². The highest BCUT2D eigenvalue weighted by Crippen LogP contribution is 2.29. The molecule has 0 aliphatic rings. The fourth-order valence-electron chi connectivity index (χ4n) is 2.15. The molecule has 0 saturated heterocycles. The van der Waals surface area contributed by atoms with E-state index in [0.29, 0.717) is 16.3 Å². The third-order valence-electron chi connectivity index (χ3n) is 3.46. The number of methoxy groups -OCH3 is 1. The Morgan fingerprint density at radius 3 is 2.61 bits per heavy atom. The molecule has 5 heteroatoms. The number of carbonyl (C=O) groups excluding carboxylic acids is 1. The summed E-state index contributed by atoms with van der Waals surface area (Å²) in [7, 11) is 1.25. The van der Waals surface area contributed by atoms with Crippen LogP contribution in [0.25, 0.3) is 0 Å². The molecule has 0 atom stereocenters. The van der Waals surface area contributed by atoms with Crippen molar-refractivity contribution >= 4 is 17.8 Å². The van der Waals surface area contributed by atoms with Gasteiger partial charge in [-0.1, -0.05) is 36.7 Å². The first kappa shape index (κ1) is 17.2. The smallest absolute Gasteiger partial charge is 0.488 e. The van der Waals surface area contributed by atoms with Gasteiger partial charge in [0.2, 0.25) is 0 Å².